The van der Waals surface area contributed by atoms with E-state index in [1.807, 2.05) is 54.6 Å². The first-order valence-electron chi connectivity index (χ1n) is 6.47. The van der Waals surface area contributed by atoms with E-state index in [-0.39, 0.29) is 5.91 Å². The summed E-state index contributed by atoms with van der Waals surface area (Å²) in [5.41, 5.74) is 0.774. The van der Waals surface area contributed by atoms with Crippen LogP contribution in [0.2, 0.25) is 0 Å². The molecular weight excluding hydrogens is 348 g/mol. The zero-order valence-electron chi connectivity index (χ0n) is 11.3. The minimum Gasteiger partial charge on any atom is -0.341 e. The zero-order valence-corrected chi connectivity index (χ0v) is 13.7. The van der Waals surface area contributed by atoms with E-state index in [0.29, 0.717) is 5.11 Å². The molecule has 2 aromatic rings. The molecule has 1 heterocycles. The van der Waals surface area contributed by atoms with Crippen molar-refractivity contribution in [2.75, 3.05) is 7.05 Å². The molecule has 1 atom stereocenters. The molecule has 0 radical (unpaired) electrons. The Balaban J connectivity index is 2.27. The summed E-state index contributed by atoms with van der Waals surface area (Å²) < 4.78 is 0.922. The molecule has 0 aliphatic carbocycles. The van der Waals surface area contributed by atoms with Gasteiger partial charge in [-0.3, -0.25) is 9.69 Å². The van der Waals surface area contributed by atoms with Crippen LogP contribution in [0.4, 0.5) is 0 Å². The molecule has 1 fully saturated rings. The third-order valence-electron chi connectivity index (χ3n) is 3.69. The summed E-state index contributed by atoms with van der Waals surface area (Å²) in [7, 11) is 1.69. The van der Waals surface area contributed by atoms with Gasteiger partial charge >= 0.3 is 0 Å². The topological polar surface area (TPSA) is 32.3 Å². The van der Waals surface area contributed by atoms with E-state index in [1.165, 1.54) is 4.90 Å². The molecule has 1 aliphatic heterocycles. The van der Waals surface area contributed by atoms with Gasteiger partial charge in [0.1, 0.15) is 0 Å². The minimum atomic E-state index is -0.961. The average molecular weight is 361 g/mol. The summed E-state index contributed by atoms with van der Waals surface area (Å²) in [5, 5.41) is 3.65. The van der Waals surface area contributed by atoms with Crippen LogP contribution in [0.15, 0.2) is 59.1 Å². The van der Waals surface area contributed by atoms with Crippen LogP contribution in [0, 0.1) is 0 Å². The van der Waals surface area contributed by atoms with Crippen LogP contribution in [0.25, 0.3) is 0 Å². The number of nitrogens with one attached hydrogen (secondary N) is 1. The first-order chi connectivity index (χ1) is 10.1. The maximum absolute atomic E-state index is 12.9. The molecule has 0 spiro atoms. The lowest BCUT2D eigenvalue weighted by atomic mass is 9.83. The predicted octanol–water partition coefficient (Wildman–Crippen LogP) is 3.04. The molecule has 21 heavy (non-hydrogen) atoms. The summed E-state index contributed by atoms with van der Waals surface area (Å²) in [4.78, 5) is 14.4. The van der Waals surface area contributed by atoms with E-state index in [9.17, 15) is 4.79 Å². The van der Waals surface area contributed by atoms with E-state index in [4.69, 9.17) is 12.2 Å². The van der Waals surface area contributed by atoms with Gasteiger partial charge in [-0.15, -0.1) is 0 Å². The summed E-state index contributed by atoms with van der Waals surface area (Å²) in [6, 6.07) is 17.4. The first-order valence-corrected chi connectivity index (χ1v) is 7.67. The van der Waals surface area contributed by atoms with Crippen molar-refractivity contribution in [1.82, 2.24) is 10.2 Å². The molecule has 0 unspecified atom stereocenters. The van der Waals surface area contributed by atoms with Crippen LogP contribution < -0.4 is 5.32 Å². The summed E-state index contributed by atoms with van der Waals surface area (Å²) in [6.07, 6.45) is 0. The monoisotopic (exact) mass is 360 g/mol. The van der Waals surface area contributed by atoms with Crippen LogP contribution in [-0.2, 0) is 10.3 Å². The third kappa shape index (κ3) is 2.17. The summed E-state index contributed by atoms with van der Waals surface area (Å²) >= 11 is 8.75. The Morgan fingerprint density at radius 3 is 2.33 bits per heavy atom. The number of hydrogen-bond acceptors (Lipinski definition) is 2. The quantitative estimate of drug-likeness (QED) is 0.835. The van der Waals surface area contributed by atoms with Gasteiger partial charge in [0.05, 0.1) is 0 Å². The Kier molecular flexibility index (Phi) is 3.55. The second-order valence-corrected chi connectivity index (χ2v) is 6.22. The molecule has 5 heteroatoms. The number of nitrogens with zero attached hydrogens (tertiary/aromatic N) is 1. The van der Waals surface area contributed by atoms with Crippen LogP contribution in [-0.4, -0.2) is 23.0 Å². The fourth-order valence-electron chi connectivity index (χ4n) is 2.61. The maximum Gasteiger partial charge on any atom is 0.263 e. The molecule has 0 saturated carbocycles. The van der Waals surface area contributed by atoms with E-state index < -0.39 is 5.54 Å². The number of carbonyl (C=O) groups excluding carboxylic acids is 1. The number of rotatable bonds is 2. The van der Waals surface area contributed by atoms with Crippen molar-refractivity contribution in [1.29, 1.82) is 0 Å². The molecule has 1 aliphatic rings. The molecule has 0 aromatic heterocycles. The number of amides is 1. The van der Waals surface area contributed by atoms with Gasteiger partial charge < -0.3 is 5.32 Å². The fraction of sp³-hybridized carbons (Fsp3) is 0.125. The molecule has 1 N–H and O–H groups in total. The SMILES string of the molecule is CN1C(=O)[C@@](c2ccccc2)(c2cccc(Br)c2)NC1=S. The lowest BCUT2D eigenvalue weighted by molar-refractivity contribution is -0.129. The average Bonchev–Trinajstić information content (AvgIpc) is 2.73. The molecule has 106 valence electrons. The number of carbonyl (C=O) groups is 1. The Morgan fingerprint density at radius 1 is 1.10 bits per heavy atom. The molecule has 1 saturated heterocycles. The normalized spacial score (nSPS) is 21.5. The van der Waals surface area contributed by atoms with E-state index >= 15 is 0 Å². The highest BCUT2D eigenvalue weighted by atomic mass is 79.9. The Bertz CT molecular complexity index is 719. The first kappa shape index (κ1) is 14.2. The van der Waals surface area contributed by atoms with Gasteiger partial charge in [-0.25, -0.2) is 0 Å². The van der Waals surface area contributed by atoms with Crippen molar-refractivity contribution in [2.45, 2.75) is 5.54 Å². The number of halogens is 1. The highest BCUT2D eigenvalue weighted by Crippen LogP contribution is 2.36. The van der Waals surface area contributed by atoms with Gasteiger partial charge in [-0.2, -0.15) is 0 Å². The molecule has 3 nitrogen and oxygen atoms in total. The van der Waals surface area contributed by atoms with Gasteiger partial charge in [0.15, 0.2) is 10.7 Å². The summed E-state index contributed by atoms with van der Waals surface area (Å²) in [5.74, 6) is -0.0724. The van der Waals surface area contributed by atoms with Crippen molar-refractivity contribution in [3.63, 3.8) is 0 Å². The largest absolute Gasteiger partial charge is 0.341 e. The van der Waals surface area contributed by atoms with E-state index in [1.54, 1.807) is 7.05 Å². The molecule has 0 bridgehead atoms. The van der Waals surface area contributed by atoms with Gasteiger partial charge in [0, 0.05) is 11.5 Å². The fourth-order valence-corrected chi connectivity index (χ4v) is 3.24. The van der Waals surface area contributed by atoms with Crippen molar-refractivity contribution >= 4 is 39.2 Å². The van der Waals surface area contributed by atoms with Gasteiger partial charge in [-0.05, 0) is 35.5 Å². The highest BCUT2D eigenvalue weighted by Gasteiger charge is 2.50. The Hall–Kier alpha value is -1.72. The number of likely N-dealkylation sites (N-methyl/N-ethyl adjacent to an activating group) is 1. The molecule has 2 aromatic carbocycles. The van der Waals surface area contributed by atoms with Crippen molar-refractivity contribution in [2.24, 2.45) is 0 Å². The number of hydrogen-bond donors (Lipinski definition) is 1. The lowest BCUT2D eigenvalue weighted by Gasteiger charge is -2.28. The van der Waals surface area contributed by atoms with Crippen LogP contribution in [0.3, 0.4) is 0 Å². The molecule has 1 amide bonds. The molecular formula is C16H13BrN2OS. The maximum atomic E-state index is 12.9. The van der Waals surface area contributed by atoms with Crippen LogP contribution >= 0.6 is 28.1 Å². The lowest BCUT2D eigenvalue weighted by Crippen LogP contribution is -2.44. The minimum absolute atomic E-state index is 0.0724. The zero-order chi connectivity index (χ0) is 15.0. The predicted molar refractivity (Wildman–Crippen MR) is 89.9 cm³/mol. The van der Waals surface area contributed by atoms with Crippen molar-refractivity contribution in [3.8, 4) is 0 Å². The summed E-state index contributed by atoms with van der Waals surface area (Å²) in [6.45, 7) is 0. The number of thiocarbonyl (C=S) groups is 1. The van der Waals surface area contributed by atoms with Gasteiger partial charge in [-0.1, -0.05) is 58.4 Å². The van der Waals surface area contributed by atoms with Crippen molar-refractivity contribution < 1.29 is 4.79 Å². The third-order valence-corrected chi connectivity index (χ3v) is 4.56. The standard InChI is InChI=1S/C16H13BrN2OS/c1-19-14(20)16(18-15(19)21,11-6-3-2-4-7-11)12-8-5-9-13(17)10-12/h2-10H,1H3,(H,18,21)/t16-/m1/s1. The molecule has 3 rings (SSSR count). The second kappa shape index (κ2) is 5.24. The highest BCUT2D eigenvalue weighted by molar-refractivity contribution is 9.10. The van der Waals surface area contributed by atoms with Crippen LogP contribution in [0.1, 0.15) is 11.1 Å². The van der Waals surface area contributed by atoms with Gasteiger partial charge in [0.2, 0.25) is 0 Å². The number of benzene rings is 2. The van der Waals surface area contributed by atoms with E-state index in [0.717, 1.165) is 15.6 Å². The Morgan fingerprint density at radius 2 is 1.76 bits per heavy atom. The smallest absolute Gasteiger partial charge is 0.263 e. The van der Waals surface area contributed by atoms with Crippen molar-refractivity contribution in [3.05, 3.63) is 70.2 Å². The van der Waals surface area contributed by atoms with Crippen LogP contribution in [0.5, 0.6) is 0 Å². The second-order valence-electron chi connectivity index (χ2n) is 4.92. The van der Waals surface area contributed by atoms with Gasteiger partial charge in [0.25, 0.3) is 5.91 Å². The Labute approximate surface area is 137 Å². The van der Waals surface area contributed by atoms with E-state index in [2.05, 4.69) is 21.2 Å².